The van der Waals surface area contributed by atoms with Crippen LogP contribution in [0.1, 0.15) is 5.56 Å². The van der Waals surface area contributed by atoms with Crippen molar-refractivity contribution in [3.63, 3.8) is 0 Å². The van der Waals surface area contributed by atoms with Crippen LogP contribution in [0.5, 0.6) is 0 Å². The van der Waals surface area contributed by atoms with Crippen molar-refractivity contribution in [3.05, 3.63) is 54.1 Å². The quantitative estimate of drug-likeness (QED) is 0.422. The van der Waals surface area contributed by atoms with Crippen molar-refractivity contribution in [2.24, 2.45) is 0 Å². The minimum absolute atomic E-state index is 0.300. The molecule has 148 valence electrons. The summed E-state index contributed by atoms with van der Waals surface area (Å²) in [4.78, 5) is 5.02. The van der Waals surface area contributed by atoms with E-state index in [0.717, 1.165) is 27.2 Å². The second-order valence-corrected chi connectivity index (χ2v) is 14.6. The summed E-state index contributed by atoms with van der Waals surface area (Å²) in [5.74, 6) is 0. The third-order valence-electron chi connectivity index (χ3n) is 4.10. The lowest BCUT2D eigenvalue weighted by Gasteiger charge is -2.15. The van der Waals surface area contributed by atoms with Crippen molar-refractivity contribution in [1.82, 2.24) is 4.98 Å². The van der Waals surface area contributed by atoms with E-state index >= 15 is 0 Å². The first-order valence-corrected chi connectivity index (χ1v) is 13.8. The van der Waals surface area contributed by atoms with E-state index in [1.165, 1.54) is 23.5 Å². The Hall–Kier alpha value is -1.81. The summed E-state index contributed by atoms with van der Waals surface area (Å²) >= 11 is -0.520. The molecule has 1 heterocycles. The SMILES string of the molecule is C[Si](C)(C)c1sc(-c2ccc(S(=O)O)cc2)nc1-c1ccc(C(F)(F)F)cc1. The van der Waals surface area contributed by atoms with Gasteiger partial charge in [0.25, 0.3) is 0 Å². The standard InChI is InChI=1S/C19H18F3NO2S2Si/c1-28(2,3)18-16(12-4-8-14(9-5-12)19(20,21)22)23-17(26-18)13-6-10-15(11-7-13)27(24)25/h4-11H,1-3H3,(H,24,25). The summed E-state index contributed by atoms with van der Waals surface area (Å²) in [5, 5.41) is 0.739. The van der Waals surface area contributed by atoms with Crippen LogP contribution in [-0.4, -0.2) is 21.8 Å². The number of rotatable bonds is 4. The lowest BCUT2D eigenvalue weighted by atomic mass is 10.1. The molecule has 0 fully saturated rings. The highest BCUT2D eigenvalue weighted by atomic mass is 32.2. The molecular formula is C19H18F3NO2S2Si. The average molecular weight is 442 g/mol. The minimum atomic E-state index is -4.37. The number of hydrogen-bond acceptors (Lipinski definition) is 3. The van der Waals surface area contributed by atoms with Gasteiger partial charge in [-0.3, -0.25) is 0 Å². The van der Waals surface area contributed by atoms with Crippen LogP contribution in [0.4, 0.5) is 13.2 Å². The van der Waals surface area contributed by atoms with Gasteiger partial charge in [-0.15, -0.1) is 11.3 Å². The monoisotopic (exact) mass is 441 g/mol. The molecule has 1 aromatic heterocycles. The average Bonchev–Trinajstić information content (AvgIpc) is 3.07. The van der Waals surface area contributed by atoms with E-state index < -0.39 is 30.9 Å². The van der Waals surface area contributed by atoms with Gasteiger partial charge in [0.05, 0.1) is 24.2 Å². The molecular weight excluding hydrogens is 423 g/mol. The maximum Gasteiger partial charge on any atom is 0.416 e. The first-order chi connectivity index (χ1) is 13.0. The van der Waals surface area contributed by atoms with Gasteiger partial charge in [0.2, 0.25) is 0 Å². The molecule has 0 spiro atoms. The Morgan fingerprint density at radius 2 is 1.50 bits per heavy atom. The number of nitrogens with zero attached hydrogens (tertiary/aromatic N) is 1. The predicted octanol–water partition coefficient (Wildman–Crippen LogP) is 5.62. The molecule has 3 aromatic rings. The number of hydrogen-bond donors (Lipinski definition) is 1. The number of benzene rings is 2. The fourth-order valence-corrected chi connectivity index (χ4v) is 6.32. The van der Waals surface area contributed by atoms with Gasteiger partial charge in [-0.2, -0.15) is 13.2 Å². The van der Waals surface area contributed by atoms with Crippen LogP contribution in [0.25, 0.3) is 21.8 Å². The Labute approximate surface area is 168 Å². The summed E-state index contributed by atoms with van der Waals surface area (Å²) in [6, 6.07) is 11.7. The zero-order valence-corrected chi connectivity index (χ0v) is 18.0. The van der Waals surface area contributed by atoms with Gasteiger partial charge < -0.3 is 4.55 Å². The van der Waals surface area contributed by atoms with Crippen molar-refractivity contribution >= 4 is 35.0 Å². The maximum atomic E-state index is 12.9. The molecule has 1 unspecified atom stereocenters. The first kappa shape index (κ1) is 20.9. The fraction of sp³-hybridized carbons (Fsp3) is 0.211. The summed E-state index contributed by atoms with van der Waals surface area (Å²) in [7, 11) is -1.81. The lowest BCUT2D eigenvalue weighted by Crippen LogP contribution is -2.36. The van der Waals surface area contributed by atoms with Gasteiger partial charge in [0.1, 0.15) is 5.01 Å². The smallest absolute Gasteiger partial charge is 0.302 e. The molecule has 3 rings (SSSR count). The van der Waals surface area contributed by atoms with Crippen LogP contribution < -0.4 is 4.50 Å². The van der Waals surface area contributed by atoms with Crippen LogP contribution >= 0.6 is 11.3 Å². The molecule has 0 saturated heterocycles. The molecule has 1 N–H and O–H groups in total. The molecule has 3 nitrogen and oxygen atoms in total. The molecule has 2 aromatic carbocycles. The van der Waals surface area contributed by atoms with Gasteiger partial charge in [-0.25, -0.2) is 9.19 Å². The van der Waals surface area contributed by atoms with E-state index in [-0.39, 0.29) is 0 Å². The minimum Gasteiger partial charge on any atom is -0.302 e. The molecule has 1 atom stereocenters. The normalized spacial score (nSPS) is 13.5. The molecule has 0 radical (unpaired) electrons. The highest BCUT2D eigenvalue weighted by Gasteiger charge is 2.31. The highest BCUT2D eigenvalue weighted by molar-refractivity contribution is 7.79. The Balaban J connectivity index is 2.07. The topological polar surface area (TPSA) is 50.2 Å². The zero-order chi connectivity index (χ0) is 20.7. The van der Waals surface area contributed by atoms with Crippen LogP contribution in [0.3, 0.4) is 0 Å². The van der Waals surface area contributed by atoms with Crippen molar-refractivity contribution in [3.8, 4) is 21.8 Å². The van der Waals surface area contributed by atoms with E-state index in [9.17, 15) is 17.4 Å². The van der Waals surface area contributed by atoms with Gasteiger partial charge in [-0.1, -0.05) is 43.9 Å². The summed E-state index contributed by atoms with van der Waals surface area (Å²) < 4.78 is 60.0. The van der Waals surface area contributed by atoms with Crippen LogP contribution in [0.2, 0.25) is 19.6 Å². The van der Waals surface area contributed by atoms with Gasteiger partial charge >= 0.3 is 6.18 Å². The fourth-order valence-electron chi connectivity index (χ4n) is 2.68. The Kier molecular flexibility index (Phi) is 5.64. The first-order valence-electron chi connectivity index (χ1n) is 8.37. The Morgan fingerprint density at radius 3 is 1.96 bits per heavy atom. The van der Waals surface area contributed by atoms with Crippen LogP contribution in [0, 0.1) is 0 Å². The van der Waals surface area contributed by atoms with E-state index in [4.69, 9.17) is 9.54 Å². The summed E-state index contributed by atoms with van der Waals surface area (Å²) in [6.45, 7) is 6.49. The largest absolute Gasteiger partial charge is 0.416 e. The number of halogens is 3. The van der Waals surface area contributed by atoms with Crippen molar-refractivity contribution in [2.45, 2.75) is 30.7 Å². The molecule has 0 amide bonds. The molecule has 0 saturated carbocycles. The third-order valence-corrected chi connectivity index (χ3v) is 9.43. The number of alkyl halides is 3. The second kappa shape index (κ2) is 7.55. The molecule has 0 aliphatic rings. The molecule has 9 heteroatoms. The maximum absolute atomic E-state index is 12.9. The van der Waals surface area contributed by atoms with Gasteiger partial charge in [0, 0.05) is 15.6 Å². The summed E-state index contributed by atoms with van der Waals surface area (Å²) in [6.07, 6.45) is -4.37. The van der Waals surface area contributed by atoms with Gasteiger partial charge in [-0.05, 0) is 24.3 Å². The highest BCUT2D eigenvalue weighted by Crippen LogP contribution is 2.33. The van der Waals surface area contributed by atoms with Crippen molar-refractivity contribution in [1.29, 1.82) is 0 Å². The Morgan fingerprint density at radius 1 is 0.964 bits per heavy atom. The summed E-state index contributed by atoms with van der Waals surface area (Å²) in [5.41, 5.74) is 1.48. The lowest BCUT2D eigenvalue weighted by molar-refractivity contribution is -0.137. The zero-order valence-electron chi connectivity index (χ0n) is 15.4. The van der Waals surface area contributed by atoms with Crippen molar-refractivity contribution < 1.29 is 21.9 Å². The molecule has 0 aliphatic carbocycles. The van der Waals surface area contributed by atoms with Crippen LogP contribution in [-0.2, 0) is 17.3 Å². The molecule has 0 bridgehead atoms. The molecule has 0 aliphatic heterocycles. The van der Waals surface area contributed by atoms with E-state index in [1.807, 2.05) is 0 Å². The number of thiazole rings is 1. The number of aromatic nitrogens is 1. The Bertz CT molecular complexity index is 1010. The third kappa shape index (κ3) is 4.43. The predicted molar refractivity (Wildman–Crippen MR) is 110 cm³/mol. The van der Waals surface area contributed by atoms with E-state index in [1.54, 1.807) is 24.3 Å². The molecule has 28 heavy (non-hydrogen) atoms. The van der Waals surface area contributed by atoms with Crippen molar-refractivity contribution in [2.75, 3.05) is 0 Å². The van der Waals surface area contributed by atoms with Crippen LogP contribution in [0.15, 0.2) is 53.4 Å². The second-order valence-electron chi connectivity index (χ2n) is 7.30. The van der Waals surface area contributed by atoms with Gasteiger partial charge in [0.15, 0.2) is 11.1 Å². The van der Waals surface area contributed by atoms with E-state index in [0.29, 0.717) is 16.2 Å². The van der Waals surface area contributed by atoms with E-state index in [2.05, 4.69) is 19.6 Å².